The first-order valence-corrected chi connectivity index (χ1v) is 7.55. The minimum Gasteiger partial charge on any atom is -0.493 e. The lowest BCUT2D eigenvalue weighted by molar-refractivity contribution is 0.310. The first-order valence-electron chi connectivity index (χ1n) is 6.67. The van der Waals surface area contributed by atoms with Gasteiger partial charge in [0.1, 0.15) is 5.01 Å². The highest BCUT2D eigenvalue weighted by Crippen LogP contribution is 2.28. The molecule has 0 aliphatic carbocycles. The molecule has 5 heteroatoms. The molecule has 0 saturated heterocycles. The molecule has 1 aromatic heterocycles. The second-order valence-corrected chi connectivity index (χ2v) is 5.32. The Morgan fingerprint density at radius 3 is 2.85 bits per heavy atom. The molecule has 0 radical (unpaired) electrons. The van der Waals surface area contributed by atoms with E-state index in [9.17, 15) is 0 Å². The molecular formula is C15H20N2O2S. The summed E-state index contributed by atoms with van der Waals surface area (Å²) < 4.78 is 10.9. The maximum Gasteiger partial charge on any atom is 0.161 e. The fourth-order valence-corrected chi connectivity index (χ4v) is 2.57. The van der Waals surface area contributed by atoms with Gasteiger partial charge in [0.25, 0.3) is 0 Å². The van der Waals surface area contributed by atoms with Gasteiger partial charge in [0.15, 0.2) is 11.5 Å². The average molecular weight is 292 g/mol. The molecule has 2 aromatic rings. The van der Waals surface area contributed by atoms with Crippen LogP contribution in [0.25, 0.3) is 0 Å². The molecule has 0 spiro atoms. The van der Waals surface area contributed by atoms with E-state index in [2.05, 4.69) is 23.3 Å². The molecule has 0 bridgehead atoms. The van der Waals surface area contributed by atoms with Crippen LogP contribution in [0.4, 0.5) is 0 Å². The van der Waals surface area contributed by atoms with E-state index in [-0.39, 0.29) is 6.04 Å². The predicted octanol–water partition coefficient (Wildman–Crippen LogP) is 3.40. The fraction of sp³-hybridized carbons (Fsp3) is 0.400. The first kappa shape index (κ1) is 14.8. The van der Waals surface area contributed by atoms with Gasteiger partial charge in [-0.3, -0.25) is 0 Å². The van der Waals surface area contributed by atoms with Crippen molar-refractivity contribution in [1.29, 1.82) is 0 Å². The number of hydrogen-bond acceptors (Lipinski definition) is 5. The van der Waals surface area contributed by atoms with Crippen LogP contribution in [0, 0.1) is 0 Å². The molecule has 0 aliphatic rings. The number of ether oxygens (including phenoxy) is 2. The number of benzene rings is 1. The Morgan fingerprint density at radius 1 is 1.35 bits per heavy atom. The van der Waals surface area contributed by atoms with E-state index in [1.165, 1.54) is 0 Å². The lowest BCUT2D eigenvalue weighted by atomic mass is 10.2. The zero-order valence-corrected chi connectivity index (χ0v) is 12.9. The second-order valence-electron chi connectivity index (χ2n) is 4.39. The van der Waals surface area contributed by atoms with Gasteiger partial charge in [-0.2, -0.15) is 0 Å². The van der Waals surface area contributed by atoms with Crippen LogP contribution in [0.1, 0.15) is 30.5 Å². The molecule has 108 valence electrons. The van der Waals surface area contributed by atoms with E-state index < -0.39 is 0 Å². The summed E-state index contributed by atoms with van der Waals surface area (Å²) in [5, 5.41) is 6.55. The van der Waals surface area contributed by atoms with E-state index in [0.29, 0.717) is 6.61 Å². The third kappa shape index (κ3) is 3.71. The Balaban J connectivity index is 1.99. The third-order valence-electron chi connectivity index (χ3n) is 2.96. The van der Waals surface area contributed by atoms with Gasteiger partial charge in [0.05, 0.1) is 19.8 Å². The van der Waals surface area contributed by atoms with Crippen LogP contribution in [0.3, 0.4) is 0 Å². The largest absolute Gasteiger partial charge is 0.493 e. The number of hydrogen-bond donors (Lipinski definition) is 1. The molecule has 0 saturated carbocycles. The molecule has 1 atom stereocenters. The number of thiazole rings is 1. The van der Waals surface area contributed by atoms with Gasteiger partial charge in [-0.15, -0.1) is 11.3 Å². The summed E-state index contributed by atoms with van der Waals surface area (Å²) in [4.78, 5) is 4.31. The first-order chi connectivity index (χ1) is 9.74. The van der Waals surface area contributed by atoms with Gasteiger partial charge < -0.3 is 14.8 Å². The monoisotopic (exact) mass is 292 g/mol. The van der Waals surface area contributed by atoms with Gasteiger partial charge >= 0.3 is 0 Å². The van der Waals surface area contributed by atoms with Crippen molar-refractivity contribution in [3.05, 3.63) is 40.3 Å². The van der Waals surface area contributed by atoms with Gasteiger partial charge in [-0.05, 0) is 31.5 Å². The van der Waals surface area contributed by atoms with E-state index in [1.54, 1.807) is 18.4 Å². The molecule has 20 heavy (non-hydrogen) atoms. The number of methoxy groups -OCH3 is 1. The number of aromatic nitrogens is 1. The molecule has 1 unspecified atom stereocenters. The maximum atomic E-state index is 5.51. The summed E-state index contributed by atoms with van der Waals surface area (Å²) in [7, 11) is 1.66. The molecule has 1 heterocycles. The van der Waals surface area contributed by atoms with Gasteiger partial charge in [0, 0.05) is 18.1 Å². The molecule has 1 N–H and O–H groups in total. The molecule has 4 nitrogen and oxygen atoms in total. The van der Waals surface area contributed by atoms with E-state index in [4.69, 9.17) is 9.47 Å². The van der Waals surface area contributed by atoms with E-state index in [1.807, 2.05) is 30.6 Å². The van der Waals surface area contributed by atoms with E-state index >= 15 is 0 Å². The topological polar surface area (TPSA) is 43.4 Å². The molecule has 0 aliphatic heterocycles. The fourth-order valence-electron chi connectivity index (χ4n) is 1.90. The minimum absolute atomic E-state index is 0.243. The number of rotatable bonds is 7. The van der Waals surface area contributed by atoms with Crippen LogP contribution in [-0.2, 0) is 6.54 Å². The average Bonchev–Trinajstić information content (AvgIpc) is 3.00. The summed E-state index contributed by atoms with van der Waals surface area (Å²) in [6.45, 7) is 5.48. The van der Waals surface area contributed by atoms with Crippen molar-refractivity contribution in [2.75, 3.05) is 13.7 Å². The van der Waals surface area contributed by atoms with Crippen LogP contribution in [0.2, 0.25) is 0 Å². The van der Waals surface area contributed by atoms with Crippen LogP contribution in [-0.4, -0.2) is 18.7 Å². The Bertz CT molecular complexity index is 529. The van der Waals surface area contributed by atoms with Crippen molar-refractivity contribution in [2.45, 2.75) is 26.4 Å². The summed E-state index contributed by atoms with van der Waals surface area (Å²) in [6, 6.07) is 6.25. The molecule has 0 fully saturated rings. The zero-order chi connectivity index (χ0) is 14.4. The van der Waals surface area contributed by atoms with Crippen LogP contribution in [0.15, 0.2) is 29.8 Å². The highest BCUT2D eigenvalue weighted by Gasteiger charge is 2.09. The normalized spacial score (nSPS) is 12.2. The number of nitrogens with zero attached hydrogens (tertiary/aromatic N) is 1. The Morgan fingerprint density at radius 2 is 2.20 bits per heavy atom. The van der Waals surface area contributed by atoms with Gasteiger partial charge in [0.2, 0.25) is 0 Å². The summed E-state index contributed by atoms with van der Waals surface area (Å²) in [5.41, 5.74) is 1.16. The van der Waals surface area contributed by atoms with Crippen LogP contribution < -0.4 is 14.8 Å². The van der Waals surface area contributed by atoms with Crippen LogP contribution >= 0.6 is 11.3 Å². The zero-order valence-electron chi connectivity index (χ0n) is 12.1. The lowest BCUT2D eigenvalue weighted by Crippen LogP contribution is -2.17. The van der Waals surface area contributed by atoms with E-state index in [0.717, 1.165) is 28.6 Å². The predicted molar refractivity (Wildman–Crippen MR) is 81.5 cm³/mol. The SMILES string of the molecule is CCOc1ccc(CNC(C)c2nccs2)cc1OC. The molecular weight excluding hydrogens is 272 g/mol. The molecule has 1 aromatic carbocycles. The summed E-state index contributed by atoms with van der Waals surface area (Å²) in [6.07, 6.45) is 1.83. The lowest BCUT2D eigenvalue weighted by Gasteiger charge is -2.13. The standard InChI is InChI=1S/C15H20N2O2S/c1-4-19-13-6-5-12(9-14(13)18-3)10-17-11(2)15-16-7-8-20-15/h5-9,11,17H,4,10H2,1-3H3. The van der Waals surface area contributed by atoms with Crippen molar-refractivity contribution in [1.82, 2.24) is 10.3 Å². The Hall–Kier alpha value is -1.59. The minimum atomic E-state index is 0.243. The highest BCUT2D eigenvalue weighted by molar-refractivity contribution is 7.09. The molecule has 2 rings (SSSR count). The summed E-state index contributed by atoms with van der Waals surface area (Å²) in [5.74, 6) is 1.56. The number of nitrogens with one attached hydrogen (secondary N) is 1. The third-order valence-corrected chi connectivity index (χ3v) is 3.92. The second kappa shape index (κ2) is 7.26. The van der Waals surface area contributed by atoms with Crippen molar-refractivity contribution in [2.24, 2.45) is 0 Å². The van der Waals surface area contributed by atoms with Crippen molar-refractivity contribution in [3.8, 4) is 11.5 Å². The maximum absolute atomic E-state index is 5.51. The van der Waals surface area contributed by atoms with Gasteiger partial charge in [-0.1, -0.05) is 6.07 Å². The van der Waals surface area contributed by atoms with Crippen molar-refractivity contribution >= 4 is 11.3 Å². The Kier molecular flexibility index (Phi) is 5.38. The van der Waals surface area contributed by atoms with Crippen LogP contribution in [0.5, 0.6) is 11.5 Å². The van der Waals surface area contributed by atoms with Crippen molar-refractivity contribution in [3.63, 3.8) is 0 Å². The smallest absolute Gasteiger partial charge is 0.161 e. The van der Waals surface area contributed by atoms with Crippen molar-refractivity contribution < 1.29 is 9.47 Å². The molecule has 0 amide bonds. The summed E-state index contributed by atoms with van der Waals surface area (Å²) >= 11 is 1.66. The Labute approximate surface area is 123 Å². The highest BCUT2D eigenvalue weighted by atomic mass is 32.1. The quantitative estimate of drug-likeness (QED) is 0.849. The van der Waals surface area contributed by atoms with Gasteiger partial charge in [-0.25, -0.2) is 4.98 Å².